The third-order valence-electron chi connectivity index (χ3n) is 4.45. The number of thioether (sulfide) groups is 1. The van der Waals surface area contributed by atoms with Gasteiger partial charge in [0.2, 0.25) is 0 Å². The Bertz CT molecular complexity index is 874. The van der Waals surface area contributed by atoms with Gasteiger partial charge >= 0.3 is 6.09 Å². The van der Waals surface area contributed by atoms with Gasteiger partial charge in [-0.15, -0.1) is 11.3 Å². The molecule has 0 saturated carbocycles. The van der Waals surface area contributed by atoms with Gasteiger partial charge in [-0.1, -0.05) is 11.8 Å². The summed E-state index contributed by atoms with van der Waals surface area (Å²) in [6.45, 7) is 1.68. The average molecular weight is 437 g/mol. The minimum absolute atomic E-state index is 0.0460. The number of ether oxygens (including phenoxy) is 1. The van der Waals surface area contributed by atoms with E-state index in [0.29, 0.717) is 17.0 Å². The Hall–Kier alpha value is -2.50. The van der Waals surface area contributed by atoms with Crippen molar-refractivity contribution in [3.8, 4) is 0 Å². The number of carbonyl (C=O) groups is 2. The Balaban J connectivity index is 1.67. The summed E-state index contributed by atoms with van der Waals surface area (Å²) >= 11 is 2.43. The van der Waals surface area contributed by atoms with Gasteiger partial charge in [-0.25, -0.2) is 9.78 Å². The van der Waals surface area contributed by atoms with Crippen LogP contribution in [0.2, 0.25) is 0 Å². The van der Waals surface area contributed by atoms with Crippen LogP contribution in [0.1, 0.15) is 30.0 Å². The average Bonchev–Trinajstić information content (AvgIpc) is 3.35. The molecule has 11 heteroatoms. The fourth-order valence-corrected chi connectivity index (χ4v) is 4.82. The molecule has 0 bridgehead atoms. The second-order valence-corrected chi connectivity index (χ2v) is 8.88. The molecule has 3 atom stereocenters. The van der Waals surface area contributed by atoms with Crippen LogP contribution >= 0.6 is 23.1 Å². The Morgan fingerprint density at radius 3 is 2.76 bits per heavy atom. The summed E-state index contributed by atoms with van der Waals surface area (Å²) in [6, 6.07) is 5.17. The fourth-order valence-electron chi connectivity index (χ4n) is 3.14. The zero-order valence-corrected chi connectivity index (χ0v) is 17.1. The van der Waals surface area contributed by atoms with Crippen LogP contribution in [0.25, 0.3) is 0 Å². The van der Waals surface area contributed by atoms with Crippen molar-refractivity contribution in [1.82, 2.24) is 9.88 Å². The summed E-state index contributed by atoms with van der Waals surface area (Å²) in [7, 11) is 0. The maximum Gasteiger partial charge on any atom is 0.410 e. The number of aliphatic hydroxyl groups is 1. The van der Waals surface area contributed by atoms with Crippen molar-refractivity contribution in [3.05, 3.63) is 56.5 Å². The SMILES string of the molecule is CC(=O)S[C@H]1C[C@@H](C(O)c2nccs2)N(C(=O)OCc2ccc([N+](=O)[O-])cc2)C1. The maximum absolute atomic E-state index is 12.7. The first kappa shape index (κ1) is 21.2. The predicted molar refractivity (Wildman–Crippen MR) is 108 cm³/mol. The number of nitrogens with zero attached hydrogens (tertiary/aromatic N) is 3. The molecule has 154 valence electrons. The van der Waals surface area contributed by atoms with Gasteiger partial charge < -0.3 is 14.7 Å². The van der Waals surface area contributed by atoms with Crippen LogP contribution in [0.15, 0.2) is 35.8 Å². The van der Waals surface area contributed by atoms with Crippen LogP contribution in [0.3, 0.4) is 0 Å². The molecule has 9 nitrogen and oxygen atoms in total. The highest BCUT2D eigenvalue weighted by Crippen LogP contribution is 2.36. The molecule has 2 aromatic rings. The number of non-ortho nitro benzene ring substituents is 1. The number of thiazole rings is 1. The van der Waals surface area contributed by atoms with E-state index in [9.17, 15) is 24.8 Å². The molecule has 29 heavy (non-hydrogen) atoms. The van der Waals surface area contributed by atoms with E-state index in [4.69, 9.17) is 4.74 Å². The molecule has 2 heterocycles. The summed E-state index contributed by atoms with van der Waals surface area (Å²) in [5, 5.41) is 23.4. The Labute approximate surface area is 174 Å². The Morgan fingerprint density at radius 1 is 1.45 bits per heavy atom. The molecule has 1 N–H and O–H groups in total. The zero-order valence-electron chi connectivity index (χ0n) is 15.5. The molecular formula is C18H19N3O6S2. The Kier molecular flexibility index (Phi) is 6.83. The molecule has 0 spiro atoms. The first-order chi connectivity index (χ1) is 13.8. The van der Waals surface area contributed by atoms with Gasteiger partial charge in [0.15, 0.2) is 5.12 Å². The summed E-state index contributed by atoms with van der Waals surface area (Å²) in [5.41, 5.74) is 0.560. The van der Waals surface area contributed by atoms with Gasteiger partial charge in [0.25, 0.3) is 5.69 Å². The quantitative estimate of drug-likeness (QED) is 0.540. The van der Waals surface area contributed by atoms with Crippen molar-refractivity contribution >= 4 is 40.0 Å². The molecule has 0 radical (unpaired) electrons. The lowest BCUT2D eigenvalue weighted by Crippen LogP contribution is -2.39. The highest BCUT2D eigenvalue weighted by molar-refractivity contribution is 8.14. The number of aromatic nitrogens is 1. The van der Waals surface area contributed by atoms with Crippen molar-refractivity contribution in [2.24, 2.45) is 0 Å². The number of rotatable bonds is 6. The van der Waals surface area contributed by atoms with E-state index >= 15 is 0 Å². The molecule has 1 unspecified atom stereocenters. The van der Waals surface area contributed by atoms with Crippen molar-refractivity contribution < 1.29 is 24.4 Å². The normalized spacial score (nSPS) is 19.7. The minimum atomic E-state index is -0.973. The summed E-state index contributed by atoms with van der Waals surface area (Å²) in [6.07, 6.45) is 0.435. The van der Waals surface area contributed by atoms with E-state index in [1.807, 2.05) is 0 Å². The molecular weight excluding hydrogens is 418 g/mol. The summed E-state index contributed by atoms with van der Waals surface area (Å²) < 4.78 is 5.36. The fraction of sp³-hybridized carbons (Fsp3) is 0.389. The van der Waals surface area contributed by atoms with Gasteiger partial charge in [0.05, 0.1) is 11.0 Å². The standard InChI is InChI=1S/C18H19N3O6S2/c1-11(22)29-14-8-15(16(23)17-19-6-7-28-17)20(9-14)18(24)27-10-12-2-4-13(5-3-12)21(25)26/h2-7,14-16,23H,8-10H2,1H3/t14-,15-,16?/m0/s1. The number of amides is 1. The van der Waals surface area contributed by atoms with Gasteiger partial charge in [-0.3, -0.25) is 14.9 Å². The maximum atomic E-state index is 12.7. The number of nitro groups is 1. The lowest BCUT2D eigenvalue weighted by Gasteiger charge is -2.26. The molecule has 1 aliphatic rings. The molecule has 0 aliphatic carbocycles. The number of likely N-dealkylation sites (tertiary alicyclic amines) is 1. The van der Waals surface area contributed by atoms with Crippen LogP contribution in [0.4, 0.5) is 10.5 Å². The van der Waals surface area contributed by atoms with Crippen molar-refractivity contribution in [2.75, 3.05) is 6.54 Å². The number of carbonyl (C=O) groups excluding carboxylic acids is 2. The van der Waals surface area contributed by atoms with Crippen molar-refractivity contribution in [3.63, 3.8) is 0 Å². The molecule has 3 rings (SSSR count). The van der Waals surface area contributed by atoms with Gasteiger partial charge in [0, 0.05) is 42.4 Å². The number of aliphatic hydroxyl groups excluding tert-OH is 1. The second-order valence-electron chi connectivity index (χ2n) is 6.48. The largest absolute Gasteiger partial charge is 0.445 e. The highest BCUT2D eigenvalue weighted by Gasteiger charge is 2.42. The smallest absolute Gasteiger partial charge is 0.410 e. The molecule has 1 fully saturated rings. The number of hydrogen-bond donors (Lipinski definition) is 1. The van der Waals surface area contributed by atoms with E-state index in [1.165, 1.54) is 47.4 Å². The topological polar surface area (TPSA) is 123 Å². The van der Waals surface area contributed by atoms with Crippen LogP contribution in [0.5, 0.6) is 0 Å². The minimum Gasteiger partial charge on any atom is -0.445 e. The zero-order chi connectivity index (χ0) is 21.0. The molecule has 1 aliphatic heterocycles. The number of nitro benzene ring substituents is 1. The van der Waals surface area contributed by atoms with Crippen LogP contribution in [-0.2, 0) is 16.1 Å². The predicted octanol–water partition coefficient (Wildman–Crippen LogP) is 3.14. The van der Waals surface area contributed by atoms with E-state index < -0.39 is 23.2 Å². The third kappa shape index (κ3) is 5.31. The van der Waals surface area contributed by atoms with Crippen LogP contribution in [-0.4, -0.2) is 49.0 Å². The third-order valence-corrected chi connectivity index (χ3v) is 6.30. The van der Waals surface area contributed by atoms with Crippen LogP contribution in [0, 0.1) is 10.1 Å². The van der Waals surface area contributed by atoms with E-state index in [1.54, 1.807) is 11.6 Å². The first-order valence-corrected chi connectivity index (χ1v) is 10.5. The Morgan fingerprint density at radius 2 is 2.17 bits per heavy atom. The van der Waals surface area contributed by atoms with Gasteiger partial charge in [-0.2, -0.15) is 0 Å². The van der Waals surface area contributed by atoms with E-state index in [2.05, 4.69) is 4.98 Å². The van der Waals surface area contributed by atoms with Gasteiger partial charge in [0.1, 0.15) is 17.7 Å². The van der Waals surface area contributed by atoms with Crippen LogP contribution < -0.4 is 0 Å². The van der Waals surface area contributed by atoms with Crippen molar-refractivity contribution in [1.29, 1.82) is 0 Å². The lowest BCUT2D eigenvalue weighted by atomic mass is 10.1. The molecule has 1 amide bonds. The monoisotopic (exact) mass is 437 g/mol. The summed E-state index contributed by atoms with van der Waals surface area (Å²) in [5.74, 6) is 0. The number of benzene rings is 1. The first-order valence-electron chi connectivity index (χ1n) is 8.76. The lowest BCUT2D eigenvalue weighted by molar-refractivity contribution is -0.384. The van der Waals surface area contributed by atoms with Gasteiger partial charge in [-0.05, 0) is 24.1 Å². The number of hydrogen-bond acceptors (Lipinski definition) is 9. The molecule has 1 saturated heterocycles. The highest BCUT2D eigenvalue weighted by atomic mass is 32.2. The van der Waals surface area contributed by atoms with Crippen molar-refractivity contribution in [2.45, 2.75) is 37.3 Å². The molecule has 1 aromatic heterocycles. The molecule has 1 aromatic carbocycles. The van der Waals surface area contributed by atoms with E-state index in [-0.39, 0.29) is 29.2 Å². The van der Waals surface area contributed by atoms with E-state index in [0.717, 1.165) is 11.8 Å². The summed E-state index contributed by atoms with van der Waals surface area (Å²) in [4.78, 5) is 39.9. The second kappa shape index (κ2) is 9.33.